The van der Waals surface area contributed by atoms with Crippen LogP contribution in [0.5, 0.6) is 0 Å². The van der Waals surface area contributed by atoms with Crippen LogP contribution in [0.1, 0.15) is 36.2 Å². The standard InChI is InChI=1S/C18H29N3O/c1-6-15(3)20-9-11-21(12-10-20)18(22)17-8-7-16(19(4)5)13-14(17)2/h7-8,13,15H,6,9-12H2,1-5H3. The third-order valence-corrected chi connectivity index (χ3v) is 4.77. The van der Waals surface area contributed by atoms with Gasteiger partial charge in [0.2, 0.25) is 0 Å². The van der Waals surface area contributed by atoms with E-state index in [1.54, 1.807) is 0 Å². The molecule has 1 atom stereocenters. The lowest BCUT2D eigenvalue weighted by molar-refractivity contribution is 0.0579. The second-order valence-electron chi connectivity index (χ2n) is 6.48. The van der Waals surface area contributed by atoms with Crippen LogP contribution < -0.4 is 4.90 Å². The van der Waals surface area contributed by atoms with Crippen LogP contribution >= 0.6 is 0 Å². The van der Waals surface area contributed by atoms with Gasteiger partial charge < -0.3 is 9.80 Å². The zero-order valence-electron chi connectivity index (χ0n) is 14.6. The Morgan fingerprint density at radius 2 is 1.86 bits per heavy atom. The van der Waals surface area contributed by atoms with Gasteiger partial charge in [-0.05, 0) is 44.0 Å². The van der Waals surface area contributed by atoms with E-state index in [2.05, 4.69) is 29.7 Å². The number of piperazine rings is 1. The van der Waals surface area contributed by atoms with Crippen molar-refractivity contribution >= 4 is 11.6 Å². The van der Waals surface area contributed by atoms with Gasteiger partial charge in [0.05, 0.1) is 0 Å². The topological polar surface area (TPSA) is 26.8 Å². The molecule has 1 aromatic rings. The number of amides is 1. The van der Waals surface area contributed by atoms with Crippen molar-refractivity contribution in [2.45, 2.75) is 33.2 Å². The molecule has 1 saturated heterocycles. The summed E-state index contributed by atoms with van der Waals surface area (Å²) in [5, 5.41) is 0. The molecule has 1 unspecified atom stereocenters. The Labute approximate surface area is 134 Å². The number of hydrogen-bond acceptors (Lipinski definition) is 3. The minimum Gasteiger partial charge on any atom is -0.378 e. The van der Waals surface area contributed by atoms with Crippen molar-refractivity contribution in [1.29, 1.82) is 0 Å². The van der Waals surface area contributed by atoms with Crippen LogP contribution in [0.25, 0.3) is 0 Å². The van der Waals surface area contributed by atoms with Gasteiger partial charge in [0.25, 0.3) is 5.91 Å². The molecule has 0 aliphatic carbocycles. The molecule has 0 aromatic heterocycles. The Morgan fingerprint density at radius 1 is 1.23 bits per heavy atom. The van der Waals surface area contributed by atoms with Crippen LogP contribution in [-0.4, -0.2) is 62.0 Å². The smallest absolute Gasteiger partial charge is 0.254 e. The molecule has 0 spiro atoms. The molecule has 1 amide bonds. The lowest BCUT2D eigenvalue weighted by atomic mass is 10.1. The average molecular weight is 303 g/mol. The van der Waals surface area contributed by atoms with Gasteiger partial charge in [0.1, 0.15) is 0 Å². The third-order valence-electron chi connectivity index (χ3n) is 4.77. The summed E-state index contributed by atoms with van der Waals surface area (Å²) in [6.07, 6.45) is 1.17. The van der Waals surface area contributed by atoms with Crippen molar-refractivity contribution in [2.75, 3.05) is 45.2 Å². The van der Waals surface area contributed by atoms with Gasteiger partial charge in [-0.25, -0.2) is 0 Å². The number of anilines is 1. The lowest BCUT2D eigenvalue weighted by Gasteiger charge is -2.38. The number of carbonyl (C=O) groups is 1. The van der Waals surface area contributed by atoms with Crippen molar-refractivity contribution in [3.63, 3.8) is 0 Å². The molecule has 1 fully saturated rings. The fourth-order valence-electron chi connectivity index (χ4n) is 2.96. The first-order valence-corrected chi connectivity index (χ1v) is 8.25. The number of benzene rings is 1. The maximum absolute atomic E-state index is 12.7. The van der Waals surface area contributed by atoms with Gasteiger partial charge in [-0.2, -0.15) is 0 Å². The SMILES string of the molecule is CCC(C)N1CCN(C(=O)c2ccc(N(C)C)cc2C)CC1. The Morgan fingerprint density at radius 3 is 2.36 bits per heavy atom. The van der Waals surface area contributed by atoms with E-state index in [1.165, 1.54) is 6.42 Å². The number of carbonyl (C=O) groups excluding carboxylic acids is 1. The molecular formula is C18H29N3O. The van der Waals surface area contributed by atoms with E-state index < -0.39 is 0 Å². The molecule has 4 nitrogen and oxygen atoms in total. The van der Waals surface area contributed by atoms with Crippen LogP contribution in [0, 0.1) is 6.92 Å². The van der Waals surface area contributed by atoms with E-state index in [-0.39, 0.29) is 5.91 Å². The largest absolute Gasteiger partial charge is 0.378 e. The van der Waals surface area contributed by atoms with E-state index in [4.69, 9.17) is 0 Å². The average Bonchev–Trinajstić information content (AvgIpc) is 2.53. The predicted molar refractivity (Wildman–Crippen MR) is 92.7 cm³/mol. The number of rotatable bonds is 4. The summed E-state index contributed by atoms with van der Waals surface area (Å²) in [6.45, 7) is 10.1. The summed E-state index contributed by atoms with van der Waals surface area (Å²) in [7, 11) is 4.04. The van der Waals surface area contributed by atoms with Gasteiger partial charge in [-0.15, -0.1) is 0 Å². The molecule has 0 bridgehead atoms. The second-order valence-corrected chi connectivity index (χ2v) is 6.48. The molecule has 4 heteroatoms. The minimum absolute atomic E-state index is 0.173. The quantitative estimate of drug-likeness (QED) is 0.855. The van der Waals surface area contributed by atoms with E-state index >= 15 is 0 Å². The van der Waals surface area contributed by atoms with E-state index in [0.29, 0.717) is 6.04 Å². The Hall–Kier alpha value is -1.55. The maximum atomic E-state index is 12.7. The Bertz CT molecular complexity index is 519. The summed E-state index contributed by atoms with van der Waals surface area (Å²) in [4.78, 5) is 19.3. The fourth-order valence-corrected chi connectivity index (χ4v) is 2.96. The second kappa shape index (κ2) is 7.14. The van der Waals surface area contributed by atoms with Crippen molar-refractivity contribution < 1.29 is 4.79 Å². The van der Waals surface area contributed by atoms with E-state index in [0.717, 1.165) is 43.0 Å². The Kier molecular flexibility index (Phi) is 5.46. The normalized spacial score (nSPS) is 17.4. The van der Waals surface area contributed by atoms with E-state index in [1.807, 2.05) is 38.1 Å². The van der Waals surface area contributed by atoms with Crippen LogP contribution in [-0.2, 0) is 0 Å². The van der Waals surface area contributed by atoms with Crippen molar-refractivity contribution in [3.05, 3.63) is 29.3 Å². The number of aryl methyl sites for hydroxylation is 1. The molecule has 22 heavy (non-hydrogen) atoms. The highest BCUT2D eigenvalue weighted by Gasteiger charge is 2.24. The third kappa shape index (κ3) is 3.61. The molecule has 1 aliphatic heterocycles. The summed E-state index contributed by atoms with van der Waals surface area (Å²) >= 11 is 0. The monoisotopic (exact) mass is 303 g/mol. The Balaban J connectivity index is 2.04. The van der Waals surface area contributed by atoms with Crippen LogP contribution in [0.15, 0.2) is 18.2 Å². The van der Waals surface area contributed by atoms with E-state index in [9.17, 15) is 4.79 Å². The molecule has 1 aromatic carbocycles. The number of hydrogen-bond donors (Lipinski definition) is 0. The van der Waals surface area contributed by atoms with Gasteiger partial charge in [0.15, 0.2) is 0 Å². The predicted octanol–water partition coefficient (Wildman–Crippen LogP) is 2.62. The summed E-state index contributed by atoms with van der Waals surface area (Å²) < 4.78 is 0. The molecule has 1 heterocycles. The highest BCUT2D eigenvalue weighted by atomic mass is 16.2. The van der Waals surface area contributed by atoms with Crippen molar-refractivity contribution in [1.82, 2.24) is 9.80 Å². The molecule has 122 valence electrons. The lowest BCUT2D eigenvalue weighted by Crippen LogP contribution is -2.51. The summed E-state index contributed by atoms with van der Waals surface area (Å²) in [5.74, 6) is 0.173. The van der Waals surface area contributed by atoms with Gasteiger partial charge in [-0.1, -0.05) is 6.92 Å². The van der Waals surface area contributed by atoms with Crippen LogP contribution in [0.2, 0.25) is 0 Å². The minimum atomic E-state index is 0.173. The summed E-state index contributed by atoms with van der Waals surface area (Å²) in [5.41, 5.74) is 3.03. The van der Waals surface area contributed by atoms with Gasteiger partial charge in [-0.3, -0.25) is 9.69 Å². The first-order valence-electron chi connectivity index (χ1n) is 8.25. The van der Waals surface area contributed by atoms with Gasteiger partial charge in [0, 0.05) is 57.6 Å². The molecular weight excluding hydrogens is 274 g/mol. The molecule has 0 saturated carbocycles. The molecule has 0 N–H and O–H groups in total. The zero-order chi connectivity index (χ0) is 16.3. The fraction of sp³-hybridized carbons (Fsp3) is 0.611. The van der Waals surface area contributed by atoms with Gasteiger partial charge >= 0.3 is 0 Å². The van der Waals surface area contributed by atoms with Crippen LogP contribution in [0.4, 0.5) is 5.69 Å². The molecule has 2 rings (SSSR count). The number of nitrogens with zero attached hydrogens (tertiary/aromatic N) is 3. The van der Waals surface area contributed by atoms with Crippen molar-refractivity contribution in [3.8, 4) is 0 Å². The first-order chi connectivity index (χ1) is 10.4. The van der Waals surface area contributed by atoms with Crippen molar-refractivity contribution in [2.24, 2.45) is 0 Å². The highest BCUT2D eigenvalue weighted by molar-refractivity contribution is 5.96. The highest BCUT2D eigenvalue weighted by Crippen LogP contribution is 2.20. The van der Waals surface area contributed by atoms with Crippen LogP contribution in [0.3, 0.4) is 0 Å². The zero-order valence-corrected chi connectivity index (χ0v) is 14.6. The first kappa shape index (κ1) is 16.8. The molecule has 1 aliphatic rings. The summed E-state index contributed by atoms with van der Waals surface area (Å²) in [6, 6.07) is 6.69. The maximum Gasteiger partial charge on any atom is 0.254 e. The molecule has 0 radical (unpaired) electrons.